The standard InChI is InChI=1S/C47H38BN2Si/c1-2-3-6-17-32-30-38(45-42(31-32)50-41-27-13-11-22-35(41)37-24-15-25-39(48-45)47(37)50)36-23-16-29-44-46(36)49-40-26-12-14-28-43(40)51(44,33-18-7-4-8-19-33)34-20-9-5-10-21-34/h4-5,7-16,18-31,49H,2-3,6,17H2,1H3. The number of unbranched alkanes of at least 4 members (excludes halogenated alkanes) is 2. The van der Waals surface area contributed by atoms with Crippen LogP contribution >= 0.6 is 0 Å². The van der Waals surface area contributed by atoms with Crippen molar-refractivity contribution < 1.29 is 0 Å². The molecule has 4 heteroatoms. The van der Waals surface area contributed by atoms with E-state index in [1.807, 2.05) is 0 Å². The number of hydrogen-bond acceptors (Lipinski definition) is 1. The minimum Gasteiger partial charge on any atom is -0.355 e. The zero-order chi connectivity index (χ0) is 33.9. The third-order valence-electron chi connectivity index (χ3n) is 11.3. The maximum absolute atomic E-state index is 4.06. The van der Waals surface area contributed by atoms with Crippen LogP contribution in [0.2, 0.25) is 0 Å². The van der Waals surface area contributed by atoms with Crippen LogP contribution in [0.4, 0.5) is 11.4 Å². The predicted octanol–water partition coefficient (Wildman–Crippen LogP) is 7.59. The van der Waals surface area contributed by atoms with Gasteiger partial charge >= 0.3 is 0 Å². The van der Waals surface area contributed by atoms with Gasteiger partial charge in [-0.1, -0.05) is 165 Å². The van der Waals surface area contributed by atoms with Gasteiger partial charge in [0.1, 0.15) is 0 Å². The van der Waals surface area contributed by atoms with Crippen LogP contribution in [-0.2, 0) is 6.42 Å². The highest BCUT2D eigenvalue weighted by molar-refractivity contribution is 7.21. The van der Waals surface area contributed by atoms with E-state index in [-0.39, 0.29) is 0 Å². The summed E-state index contributed by atoms with van der Waals surface area (Å²) in [6.07, 6.45) is 4.70. The molecule has 0 atom stereocenters. The Labute approximate surface area is 301 Å². The maximum atomic E-state index is 4.06. The second-order valence-corrected chi connectivity index (χ2v) is 17.9. The van der Waals surface area contributed by atoms with E-state index in [0.717, 1.165) is 6.42 Å². The number of aromatic nitrogens is 1. The fraction of sp³-hybridized carbons (Fsp3) is 0.106. The third kappa shape index (κ3) is 4.49. The van der Waals surface area contributed by atoms with Crippen LogP contribution < -0.4 is 37.0 Å². The number of nitrogens with one attached hydrogen (secondary N) is 1. The molecule has 0 saturated carbocycles. The number of nitrogens with zero attached hydrogens (tertiary/aromatic N) is 1. The van der Waals surface area contributed by atoms with E-state index >= 15 is 0 Å². The van der Waals surface area contributed by atoms with Crippen molar-refractivity contribution in [1.82, 2.24) is 4.57 Å². The zero-order valence-corrected chi connectivity index (χ0v) is 29.9. The van der Waals surface area contributed by atoms with Crippen molar-refractivity contribution in [3.63, 3.8) is 0 Å². The molecule has 1 aromatic heterocycles. The summed E-state index contributed by atoms with van der Waals surface area (Å²) >= 11 is 0. The number of anilines is 2. The molecule has 8 aromatic rings. The maximum Gasteiger partial charge on any atom is 0.197 e. The van der Waals surface area contributed by atoms with Gasteiger partial charge in [0.2, 0.25) is 0 Å². The van der Waals surface area contributed by atoms with Crippen LogP contribution in [0.3, 0.4) is 0 Å². The summed E-state index contributed by atoms with van der Waals surface area (Å²) in [5.74, 6) is 0. The average Bonchev–Trinajstić information content (AvgIpc) is 3.53. The minimum absolute atomic E-state index is 1.07. The van der Waals surface area contributed by atoms with Gasteiger partial charge < -0.3 is 9.88 Å². The quantitative estimate of drug-likeness (QED) is 0.137. The van der Waals surface area contributed by atoms with E-state index in [0.29, 0.717) is 0 Å². The molecule has 0 saturated heterocycles. The van der Waals surface area contributed by atoms with Crippen LogP contribution in [0.1, 0.15) is 31.7 Å². The molecule has 2 aliphatic heterocycles. The van der Waals surface area contributed by atoms with Gasteiger partial charge in [-0.2, -0.15) is 0 Å². The Kier molecular flexibility index (Phi) is 7.14. The molecular formula is C47H38BN2Si. The number of benzene rings is 7. The largest absolute Gasteiger partial charge is 0.355 e. The van der Waals surface area contributed by atoms with Crippen molar-refractivity contribution in [2.45, 2.75) is 32.6 Å². The number of para-hydroxylation sites is 4. The van der Waals surface area contributed by atoms with Crippen molar-refractivity contribution in [2.24, 2.45) is 0 Å². The van der Waals surface area contributed by atoms with Crippen LogP contribution in [-0.4, -0.2) is 19.9 Å². The van der Waals surface area contributed by atoms with E-state index in [1.165, 1.54) is 106 Å². The molecule has 0 fully saturated rings. The molecule has 2 nitrogen and oxygen atoms in total. The smallest absolute Gasteiger partial charge is 0.197 e. The first-order valence-corrected chi connectivity index (χ1v) is 20.4. The molecule has 51 heavy (non-hydrogen) atoms. The lowest BCUT2D eigenvalue weighted by Gasteiger charge is -2.41. The monoisotopic (exact) mass is 669 g/mol. The predicted molar refractivity (Wildman–Crippen MR) is 221 cm³/mol. The van der Waals surface area contributed by atoms with Gasteiger partial charge in [-0.3, -0.25) is 0 Å². The van der Waals surface area contributed by atoms with Crippen molar-refractivity contribution in [3.05, 3.63) is 163 Å². The Morgan fingerprint density at radius 3 is 2.10 bits per heavy atom. The molecule has 0 bridgehead atoms. The first-order valence-electron chi connectivity index (χ1n) is 18.4. The van der Waals surface area contributed by atoms with Crippen LogP contribution in [0.25, 0.3) is 38.6 Å². The third-order valence-corrected chi connectivity index (χ3v) is 16.2. The summed E-state index contributed by atoms with van der Waals surface area (Å²) in [5, 5.41) is 12.3. The van der Waals surface area contributed by atoms with E-state index in [2.05, 4.69) is 182 Å². The van der Waals surface area contributed by atoms with Crippen molar-refractivity contribution in [2.75, 3.05) is 5.32 Å². The summed E-state index contributed by atoms with van der Waals surface area (Å²) in [7, 11) is -0.260. The molecule has 243 valence electrons. The number of fused-ring (bicyclic) bond motifs is 7. The van der Waals surface area contributed by atoms with E-state index in [9.17, 15) is 0 Å². The normalized spacial score (nSPS) is 13.6. The lowest BCUT2D eigenvalue weighted by atomic mass is 9.59. The SMILES string of the molecule is CCCCCc1cc(-c2cccc3c2Nc2ccccc2[Si]3(c2ccccc2)c2ccccc2)c2c(c1)-n1c3ccccc3c3cccc(c31)[B]2. The Hall–Kier alpha value is -5.58. The summed E-state index contributed by atoms with van der Waals surface area (Å²) in [6, 6.07) is 59.4. The van der Waals surface area contributed by atoms with Gasteiger partial charge in [0.05, 0.1) is 5.52 Å². The highest BCUT2D eigenvalue weighted by Crippen LogP contribution is 2.38. The average molecular weight is 670 g/mol. The fourth-order valence-corrected chi connectivity index (χ4v) is 14.2. The molecule has 1 radical (unpaired) electrons. The summed E-state index contributed by atoms with van der Waals surface area (Å²) in [6.45, 7) is 2.29. The van der Waals surface area contributed by atoms with Crippen LogP contribution in [0.15, 0.2) is 158 Å². The molecule has 0 unspecified atom stereocenters. The zero-order valence-electron chi connectivity index (χ0n) is 28.9. The second-order valence-electron chi connectivity index (χ2n) is 14.2. The van der Waals surface area contributed by atoms with Gasteiger partial charge in [0.15, 0.2) is 15.4 Å². The Morgan fingerprint density at radius 2 is 1.29 bits per heavy atom. The highest BCUT2D eigenvalue weighted by Gasteiger charge is 2.47. The Morgan fingerprint density at radius 1 is 0.608 bits per heavy atom. The lowest BCUT2D eigenvalue weighted by molar-refractivity contribution is 0.717. The molecule has 0 spiro atoms. The number of rotatable bonds is 7. The molecular weight excluding hydrogens is 631 g/mol. The fourth-order valence-electron chi connectivity index (χ4n) is 9.13. The highest BCUT2D eigenvalue weighted by atomic mass is 28.3. The van der Waals surface area contributed by atoms with E-state index < -0.39 is 8.07 Å². The molecule has 0 aliphatic carbocycles. The molecule has 0 amide bonds. The van der Waals surface area contributed by atoms with E-state index in [4.69, 9.17) is 0 Å². The molecule has 3 heterocycles. The molecule has 2 aliphatic rings. The van der Waals surface area contributed by atoms with Crippen molar-refractivity contribution in [1.29, 1.82) is 0 Å². The Balaban J connectivity index is 1.29. The number of aryl methyl sites for hydroxylation is 1. The second kappa shape index (κ2) is 12.0. The number of hydrogen-bond donors (Lipinski definition) is 1. The van der Waals surface area contributed by atoms with E-state index in [1.54, 1.807) is 0 Å². The van der Waals surface area contributed by atoms with Gasteiger partial charge in [-0.15, -0.1) is 0 Å². The lowest BCUT2D eigenvalue weighted by Crippen LogP contribution is -2.76. The van der Waals surface area contributed by atoms with Gasteiger partial charge in [0.25, 0.3) is 0 Å². The summed E-state index contributed by atoms with van der Waals surface area (Å²) in [5.41, 5.74) is 12.8. The van der Waals surface area contributed by atoms with Crippen LogP contribution in [0.5, 0.6) is 0 Å². The van der Waals surface area contributed by atoms with Gasteiger partial charge in [-0.05, 0) is 68.4 Å². The van der Waals surface area contributed by atoms with Crippen molar-refractivity contribution in [3.8, 4) is 16.8 Å². The summed E-state index contributed by atoms with van der Waals surface area (Å²) < 4.78 is 2.55. The molecule has 10 rings (SSSR count). The van der Waals surface area contributed by atoms with Gasteiger partial charge in [-0.25, -0.2) is 0 Å². The first kappa shape index (κ1) is 30.3. The molecule has 7 aromatic carbocycles. The van der Waals surface area contributed by atoms with Crippen LogP contribution in [0, 0.1) is 0 Å². The van der Waals surface area contributed by atoms with Crippen molar-refractivity contribution >= 4 is 80.2 Å². The minimum atomic E-state index is -2.72. The first-order chi connectivity index (χ1) is 25.3. The van der Waals surface area contributed by atoms with Gasteiger partial charge in [0, 0.05) is 38.9 Å². The summed E-state index contributed by atoms with van der Waals surface area (Å²) in [4.78, 5) is 0. The molecule has 1 N–H and O–H groups in total. The topological polar surface area (TPSA) is 17.0 Å². The Bertz CT molecular complexity index is 2570.